The molecule has 0 bridgehead atoms. The van der Waals surface area contributed by atoms with Gasteiger partial charge in [-0.05, 0) is 30.2 Å². The van der Waals surface area contributed by atoms with E-state index < -0.39 is 11.6 Å². The van der Waals surface area contributed by atoms with Crippen molar-refractivity contribution in [3.05, 3.63) is 71.3 Å². The van der Waals surface area contributed by atoms with Crippen LogP contribution in [0.25, 0.3) is 0 Å². The molecular formula is C18H17F2NOS. The lowest BCUT2D eigenvalue weighted by molar-refractivity contribution is 0.0766. The SMILES string of the molecule is O=C(c1ccc(F)c(F)c1)N1CCS[C@@H](c2ccccc2)CC1. The maximum atomic E-state index is 13.3. The van der Waals surface area contributed by atoms with Gasteiger partial charge < -0.3 is 4.90 Å². The van der Waals surface area contributed by atoms with E-state index in [1.165, 1.54) is 11.6 Å². The first-order valence-corrected chi connectivity index (χ1v) is 8.61. The molecule has 0 aliphatic carbocycles. The molecule has 0 radical (unpaired) electrons. The van der Waals surface area contributed by atoms with Crippen molar-refractivity contribution in [2.75, 3.05) is 18.8 Å². The number of carbonyl (C=O) groups is 1. The van der Waals surface area contributed by atoms with Gasteiger partial charge in [0.1, 0.15) is 0 Å². The quantitative estimate of drug-likeness (QED) is 0.817. The molecule has 0 saturated carbocycles. The Morgan fingerprint density at radius 2 is 1.83 bits per heavy atom. The van der Waals surface area contributed by atoms with Gasteiger partial charge in [-0.3, -0.25) is 4.79 Å². The lowest BCUT2D eigenvalue weighted by Crippen LogP contribution is -2.33. The average Bonchev–Trinajstić information content (AvgIpc) is 2.83. The number of carbonyl (C=O) groups excluding carboxylic acids is 1. The zero-order valence-corrected chi connectivity index (χ0v) is 13.4. The number of halogens is 2. The van der Waals surface area contributed by atoms with Crippen LogP contribution in [0.4, 0.5) is 8.78 Å². The fourth-order valence-corrected chi connectivity index (χ4v) is 3.95. The van der Waals surface area contributed by atoms with E-state index in [4.69, 9.17) is 0 Å². The number of rotatable bonds is 2. The van der Waals surface area contributed by atoms with Crippen LogP contribution in [0.2, 0.25) is 0 Å². The monoisotopic (exact) mass is 333 g/mol. The Labute approximate surface area is 138 Å². The first kappa shape index (κ1) is 16.0. The molecule has 2 aromatic rings. The third-order valence-corrected chi connectivity index (χ3v) is 5.30. The molecule has 5 heteroatoms. The summed E-state index contributed by atoms with van der Waals surface area (Å²) >= 11 is 1.83. The Morgan fingerprint density at radius 1 is 1.04 bits per heavy atom. The van der Waals surface area contributed by atoms with Crippen molar-refractivity contribution >= 4 is 17.7 Å². The average molecular weight is 333 g/mol. The Balaban J connectivity index is 1.70. The summed E-state index contributed by atoms with van der Waals surface area (Å²) in [6.07, 6.45) is 0.851. The van der Waals surface area contributed by atoms with E-state index in [1.807, 2.05) is 30.0 Å². The molecule has 1 atom stereocenters. The Bertz CT molecular complexity index is 693. The van der Waals surface area contributed by atoms with Gasteiger partial charge in [0.05, 0.1) is 0 Å². The van der Waals surface area contributed by atoms with E-state index in [2.05, 4.69) is 12.1 Å². The summed E-state index contributed by atoms with van der Waals surface area (Å²) in [5.41, 5.74) is 1.46. The van der Waals surface area contributed by atoms with Gasteiger partial charge in [0.2, 0.25) is 0 Å². The Kier molecular flexibility index (Phi) is 4.96. The molecule has 0 unspecified atom stereocenters. The van der Waals surface area contributed by atoms with E-state index >= 15 is 0 Å². The van der Waals surface area contributed by atoms with E-state index in [9.17, 15) is 13.6 Å². The first-order chi connectivity index (χ1) is 11.1. The number of hydrogen-bond acceptors (Lipinski definition) is 2. The summed E-state index contributed by atoms with van der Waals surface area (Å²) in [6.45, 7) is 1.23. The third-order valence-electron chi connectivity index (χ3n) is 3.97. The number of amides is 1. The lowest BCUT2D eigenvalue weighted by Gasteiger charge is -2.20. The van der Waals surface area contributed by atoms with Crippen LogP contribution in [0.15, 0.2) is 48.5 Å². The molecule has 2 nitrogen and oxygen atoms in total. The molecule has 120 valence electrons. The smallest absolute Gasteiger partial charge is 0.253 e. The predicted molar refractivity (Wildman–Crippen MR) is 88.5 cm³/mol. The van der Waals surface area contributed by atoms with E-state index in [1.54, 1.807) is 4.90 Å². The van der Waals surface area contributed by atoms with E-state index in [0.29, 0.717) is 18.3 Å². The van der Waals surface area contributed by atoms with Crippen LogP contribution in [-0.4, -0.2) is 29.6 Å². The number of benzene rings is 2. The normalized spacial score (nSPS) is 18.5. The summed E-state index contributed by atoms with van der Waals surface area (Å²) in [4.78, 5) is 14.2. The summed E-state index contributed by atoms with van der Waals surface area (Å²) in [7, 11) is 0. The highest BCUT2D eigenvalue weighted by Crippen LogP contribution is 2.34. The van der Waals surface area contributed by atoms with Crippen LogP contribution < -0.4 is 0 Å². The second-order valence-electron chi connectivity index (χ2n) is 5.48. The van der Waals surface area contributed by atoms with Crippen LogP contribution in [0.1, 0.15) is 27.6 Å². The van der Waals surface area contributed by atoms with Crippen molar-refractivity contribution < 1.29 is 13.6 Å². The molecule has 0 aromatic heterocycles. The fraction of sp³-hybridized carbons (Fsp3) is 0.278. The van der Waals surface area contributed by atoms with Crippen LogP contribution in [0, 0.1) is 11.6 Å². The highest BCUT2D eigenvalue weighted by Gasteiger charge is 2.23. The summed E-state index contributed by atoms with van der Waals surface area (Å²) in [5, 5.41) is 0.360. The Morgan fingerprint density at radius 3 is 2.57 bits per heavy atom. The largest absolute Gasteiger partial charge is 0.338 e. The lowest BCUT2D eigenvalue weighted by atomic mass is 10.1. The van der Waals surface area contributed by atoms with Crippen molar-refractivity contribution in [3.63, 3.8) is 0 Å². The molecule has 1 fully saturated rings. The zero-order valence-electron chi connectivity index (χ0n) is 12.5. The topological polar surface area (TPSA) is 20.3 Å². The first-order valence-electron chi connectivity index (χ1n) is 7.56. The summed E-state index contributed by atoms with van der Waals surface area (Å²) in [6, 6.07) is 13.6. The maximum Gasteiger partial charge on any atom is 0.253 e. The van der Waals surface area contributed by atoms with Gasteiger partial charge in [-0.15, -0.1) is 0 Å². The summed E-state index contributed by atoms with van der Waals surface area (Å²) < 4.78 is 26.3. The molecular weight excluding hydrogens is 316 g/mol. The summed E-state index contributed by atoms with van der Waals surface area (Å²) in [5.74, 6) is -1.33. The van der Waals surface area contributed by atoms with Crippen molar-refractivity contribution in [3.8, 4) is 0 Å². The standard InChI is InChI=1S/C18H17F2NOS/c19-15-7-6-14(12-16(15)20)18(22)21-9-8-17(23-11-10-21)13-4-2-1-3-5-13/h1-7,12,17H,8-11H2/t17-/m1/s1. The molecule has 1 saturated heterocycles. The number of hydrogen-bond donors (Lipinski definition) is 0. The minimum Gasteiger partial charge on any atom is -0.338 e. The predicted octanol–water partition coefficient (Wildman–Crippen LogP) is 4.29. The molecule has 1 heterocycles. The van der Waals surface area contributed by atoms with Crippen molar-refractivity contribution in [2.45, 2.75) is 11.7 Å². The van der Waals surface area contributed by atoms with Gasteiger partial charge in [0, 0.05) is 29.7 Å². The van der Waals surface area contributed by atoms with Gasteiger partial charge in [-0.25, -0.2) is 8.78 Å². The Hall–Kier alpha value is -1.88. The fourth-order valence-electron chi connectivity index (χ4n) is 2.72. The van der Waals surface area contributed by atoms with Crippen molar-refractivity contribution in [1.29, 1.82) is 0 Å². The zero-order chi connectivity index (χ0) is 16.2. The van der Waals surface area contributed by atoms with Gasteiger partial charge in [-0.1, -0.05) is 30.3 Å². The number of thioether (sulfide) groups is 1. The van der Waals surface area contributed by atoms with E-state index in [0.717, 1.165) is 24.3 Å². The third kappa shape index (κ3) is 3.72. The molecule has 0 N–H and O–H groups in total. The molecule has 2 aromatic carbocycles. The second-order valence-corrected chi connectivity index (χ2v) is 6.79. The van der Waals surface area contributed by atoms with Gasteiger partial charge >= 0.3 is 0 Å². The van der Waals surface area contributed by atoms with Crippen molar-refractivity contribution in [1.82, 2.24) is 4.90 Å². The minimum absolute atomic E-state index is 0.201. The van der Waals surface area contributed by atoms with Gasteiger partial charge in [0.25, 0.3) is 5.91 Å². The molecule has 3 rings (SSSR count). The molecule has 1 amide bonds. The number of nitrogens with zero attached hydrogens (tertiary/aromatic N) is 1. The van der Waals surface area contributed by atoms with Crippen molar-refractivity contribution in [2.24, 2.45) is 0 Å². The molecule has 23 heavy (non-hydrogen) atoms. The molecule has 1 aliphatic heterocycles. The minimum atomic E-state index is -0.984. The molecule has 1 aliphatic rings. The highest BCUT2D eigenvalue weighted by atomic mass is 32.2. The van der Waals surface area contributed by atoms with Crippen LogP contribution in [0.3, 0.4) is 0 Å². The van der Waals surface area contributed by atoms with Crippen LogP contribution in [0.5, 0.6) is 0 Å². The maximum absolute atomic E-state index is 13.3. The van der Waals surface area contributed by atoms with Gasteiger partial charge in [0.15, 0.2) is 11.6 Å². The molecule has 0 spiro atoms. The van der Waals surface area contributed by atoms with Crippen LogP contribution >= 0.6 is 11.8 Å². The van der Waals surface area contributed by atoms with Crippen LogP contribution in [-0.2, 0) is 0 Å². The van der Waals surface area contributed by atoms with Gasteiger partial charge in [-0.2, -0.15) is 11.8 Å². The highest BCUT2D eigenvalue weighted by molar-refractivity contribution is 7.99. The van der Waals surface area contributed by atoms with E-state index in [-0.39, 0.29) is 11.5 Å². The second kappa shape index (κ2) is 7.13.